The zero-order valence-corrected chi connectivity index (χ0v) is 5.04. The Morgan fingerprint density at radius 2 is 2.12 bits per heavy atom. The predicted octanol–water partition coefficient (Wildman–Crippen LogP) is 1.55. The van der Waals surface area contributed by atoms with E-state index in [1.165, 1.54) is 0 Å². The van der Waals surface area contributed by atoms with Crippen molar-refractivity contribution in [1.82, 2.24) is 4.90 Å². The van der Waals surface area contributed by atoms with E-state index in [1.54, 1.807) is 0 Å². The van der Waals surface area contributed by atoms with E-state index in [9.17, 15) is 0 Å². The highest BCUT2D eigenvalue weighted by atomic mass is 15.1. The fraction of sp³-hybridized carbons (Fsp3) is 0.286. The number of nitrogens with zero attached hydrogens (tertiary/aromatic N) is 1. The van der Waals surface area contributed by atoms with Crippen molar-refractivity contribution in [2.24, 2.45) is 0 Å². The third kappa shape index (κ3) is 1.12. The summed E-state index contributed by atoms with van der Waals surface area (Å²) in [4.78, 5) is 2.12. The van der Waals surface area contributed by atoms with Crippen molar-refractivity contribution < 1.29 is 0 Å². The van der Waals surface area contributed by atoms with Crippen LogP contribution in [0.1, 0.15) is 6.92 Å². The SMILES string of the molecule is CCN1[CH]C=CC=C1. The Labute approximate surface area is 50.3 Å². The summed E-state index contributed by atoms with van der Waals surface area (Å²) in [7, 11) is 0. The van der Waals surface area contributed by atoms with Crippen LogP contribution >= 0.6 is 0 Å². The third-order valence-corrected chi connectivity index (χ3v) is 1.14. The standard InChI is InChI=1S/C7H10N/c1-2-8-6-4-3-5-7-8/h3-7H,2H2,1H3. The molecule has 0 atom stereocenters. The van der Waals surface area contributed by atoms with E-state index in [2.05, 4.69) is 24.6 Å². The average Bonchev–Trinajstić information content (AvgIpc) is 1.90. The Bertz CT molecular complexity index is 114. The first-order valence-electron chi connectivity index (χ1n) is 2.87. The van der Waals surface area contributed by atoms with Gasteiger partial charge in [0.05, 0.1) is 6.54 Å². The van der Waals surface area contributed by atoms with Crippen LogP contribution in [0.5, 0.6) is 0 Å². The van der Waals surface area contributed by atoms with Crippen molar-refractivity contribution in [3.8, 4) is 0 Å². The Morgan fingerprint density at radius 3 is 2.50 bits per heavy atom. The van der Waals surface area contributed by atoms with Crippen LogP contribution in [-0.2, 0) is 0 Å². The molecule has 0 aromatic heterocycles. The molecular weight excluding hydrogens is 98.1 g/mol. The minimum absolute atomic E-state index is 1.06. The summed E-state index contributed by atoms with van der Waals surface area (Å²) in [6.07, 6.45) is 8.14. The molecule has 0 saturated heterocycles. The lowest BCUT2D eigenvalue weighted by molar-refractivity contribution is 0.495. The van der Waals surface area contributed by atoms with Crippen LogP contribution in [0.25, 0.3) is 0 Å². The van der Waals surface area contributed by atoms with Crippen molar-refractivity contribution in [1.29, 1.82) is 0 Å². The zero-order valence-electron chi connectivity index (χ0n) is 5.04. The molecule has 0 aromatic carbocycles. The van der Waals surface area contributed by atoms with Gasteiger partial charge in [0.2, 0.25) is 0 Å². The molecule has 1 aliphatic heterocycles. The fourth-order valence-corrected chi connectivity index (χ4v) is 0.645. The number of likely N-dealkylation sites (N-methyl/N-ethyl adjacent to an activating group) is 1. The second kappa shape index (κ2) is 2.55. The van der Waals surface area contributed by atoms with Gasteiger partial charge in [-0.25, -0.2) is 0 Å². The molecule has 1 radical (unpaired) electrons. The molecule has 0 spiro atoms. The van der Waals surface area contributed by atoms with E-state index in [0.717, 1.165) is 6.54 Å². The van der Waals surface area contributed by atoms with E-state index >= 15 is 0 Å². The van der Waals surface area contributed by atoms with Gasteiger partial charge in [-0.15, -0.1) is 0 Å². The van der Waals surface area contributed by atoms with Crippen molar-refractivity contribution in [2.45, 2.75) is 6.92 Å². The molecule has 0 unspecified atom stereocenters. The van der Waals surface area contributed by atoms with Gasteiger partial charge < -0.3 is 4.90 Å². The van der Waals surface area contributed by atoms with E-state index in [4.69, 9.17) is 0 Å². The molecule has 0 bridgehead atoms. The second-order valence-corrected chi connectivity index (χ2v) is 1.71. The number of allylic oxidation sites excluding steroid dienone is 2. The highest BCUT2D eigenvalue weighted by Gasteiger charge is 1.92. The maximum Gasteiger partial charge on any atom is 0.0710 e. The zero-order chi connectivity index (χ0) is 5.82. The fourth-order valence-electron chi connectivity index (χ4n) is 0.645. The van der Waals surface area contributed by atoms with Gasteiger partial charge in [-0.05, 0) is 19.2 Å². The summed E-state index contributed by atoms with van der Waals surface area (Å²) in [6.45, 7) is 5.24. The van der Waals surface area contributed by atoms with Crippen LogP contribution in [0.15, 0.2) is 24.4 Å². The summed E-state index contributed by atoms with van der Waals surface area (Å²) < 4.78 is 0. The average molecular weight is 108 g/mol. The lowest BCUT2D eigenvalue weighted by Gasteiger charge is -2.16. The van der Waals surface area contributed by atoms with Crippen molar-refractivity contribution >= 4 is 0 Å². The van der Waals surface area contributed by atoms with Crippen molar-refractivity contribution in [3.63, 3.8) is 0 Å². The van der Waals surface area contributed by atoms with Gasteiger partial charge in [-0.2, -0.15) is 0 Å². The lowest BCUT2D eigenvalue weighted by Crippen LogP contribution is -2.12. The van der Waals surface area contributed by atoms with Gasteiger partial charge in [0.25, 0.3) is 0 Å². The molecule has 43 valence electrons. The number of hydrogen-bond acceptors (Lipinski definition) is 1. The van der Waals surface area contributed by atoms with Crippen LogP contribution in [0.3, 0.4) is 0 Å². The van der Waals surface area contributed by atoms with Crippen LogP contribution < -0.4 is 0 Å². The molecule has 0 fully saturated rings. The Kier molecular flexibility index (Phi) is 1.73. The monoisotopic (exact) mass is 108 g/mol. The molecule has 8 heavy (non-hydrogen) atoms. The van der Waals surface area contributed by atoms with Crippen LogP contribution in [0.2, 0.25) is 0 Å². The van der Waals surface area contributed by atoms with E-state index in [0.29, 0.717) is 0 Å². The van der Waals surface area contributed by atoms with Gasteiger partial charge in [-0.1, -0.05) is 12.2 Å². The third-order valence-electron chi connectivity index (χ3n) is 1.14. The maximum absolute atomic E-state index is 2.12. The van der Waals surface area contributed by atoms with Crippen LogP contribution in [0, 0.1) is 6.54 Å². The quantitative estimate of drug-likeness (QED) is 0.492. The molecule has 0 aliphatic carbocycles. The van der Waals surface area contributed by atoms with Gasteiger partial charge in [0.1, 0.15) is 0 Å². The second-order valence-electron chi connectivity index (χ2n) is 1.71. The summed E-state index contributed by atoms with van der Waals surface area (Å²) in [5.74, 6) is 0. The van der Waals surface area contributed by atoms with E-state index in [-0.39, 0.29) is 0 Å². The van der Waals surface area contributed by atoms with Crippen molar-refractivity contribution in [3.05, 3.63) is 31.0 Å². The molecule has 1 rings (SSSR count). The first-order valence-corrected chi connectivity index (χ1v) is 2.87. The maximum atomic E-state index is 2.12. The molecule has 0 saturated carbocycles. The topological polar surface area (TPSA) is 3.24 Å². The lowest BCUT2D eigenvalue weighted by atomic mass is 10.3. The Hall–Kier alpha value is -0.720. The highest BCUT2D eigenvalue weighted by molar-refractivity contribution is 5.13. The highest BCUT2D eigenvalue weighted by Crippen LogP contribution is 2.00. The first-order chi connectivity index (χ1) is 3.93. The van der Waals surface area contributed by atoms with E-state index < -0.39 is 0 Å². The Morgan fingerprint density at radius 1 is 1.25 bits per heavy atom. The molecule has 1 aliphatic rings. The van der Waals surface area contributed by atoms with Gasteiger partial charge >= 0.3 is 0 Å². The summed E-state index contributed by atoms with van der Waals surface area (Å²) in [6, 6.07) is 0. The molecule has 0 aromatic rings. The molecular formula is C7H10N. The van der Waals surface area contributed by atoms with E-state index in [1.807, 2.05) is 18.2 Å². The van der Waals surface area contributed by atoms with Crippen molar-refractivity contribution in [2.75, 3.05) is 6.54 Å². The van der Waals surface area contributed by atoms with Crippen LogP contribution in [-0.4, -0.2) is 11.4 Å². The van der Waals surface area contributed by atoms with Gasteiger partial charge in [0.15, 0.2) is 0 Å². The van der Waals surface area contributed by atoms with Gasteiger partial charge in [0, 0.05) is 6.54 Å². The molecule has 1 heterocycles. The smallest absolute Gasteiger partial charge is 0.0710 e. The summed E-state index contributed by atoms with van der Waals surface area (Å²) >= 11 is 0. The summed E-state index contributed by atoms with van der Waals surface area (Å²) in [5, 5.41) is 0. The molecule has 1 nitrogen and oxygen atoms in total. The first kappa shape index (κ1) is 5.42. The molecule has 0 N–H and O–H groups in total. The largest absolute Gasteiger partial charge is 0.369 e. The predicted molar refractivity (Wildman–Crippen MR) is 35.0 cm³/mol. The summed E-state index contributed by atoms with van der Waals surface area (Å²) in [5.41, 5.74) is 0. The van der Waals surface area contributed by atoms with Gasteiger partial charge in [-0.3, -0.25) is 0 Å². The number of rotatable bonds is 1. The number of hydrogen-bond donors (Lipinski definition) is 0. The minimum atomic E-state index is 1.06. The molecule has 1 heteroatoms. The normalized spacial score (nSPS) is 17.4. The Balaban J connectivity index is 2.40. The molecule has 0 amide bonds. The minimum Gasteiger partial charge on any atom is -0.369 e. The van der Waals surface area contributed by atoms with Crippen LogP contribution in [0.4, 0.5) is 0 Å².